The van der Waals surface area contributed by atoms with Gasteiger partial charge in [0.15, 0.2) is 0 Å². The smallest absolute Gasteiger partial charge is 0.0349 e. The van der Waals surface area contributed by atoms with Gasteiger partial charge < -0.3 is 0 Å². The van der Waals surface area contributed by atoms with E-state index in [-0.39, 0.29) is 0 Å². The van der Waals surface area contributed by atoms with Crippen molar-refractivity contribution in [1.29, 1.82) is 0 Å². The molecule has 6 atom stereocenters. The minimum atomic E-state index is 1.22. The zero-order valence-corrected chi connectivity index (χ0v) is 6.29. The van der Waals surface area contributed by atoms with E-state index in [1.165, 1.54) is 35.5 Å². The van der Waals surface area contributed by atoms with Crippen LogP contribution in [0, 0.1) is 35.5 Å². The molecule has 0 aromatic rings. The van der Waals surface area contributed by atoms with Crippen LogP contribution in [0.5, 0.6) is 0 Å². The molecule has 4 bridgehead atoms. The lowest BCUT2D eigenvalue weighted by Gasteiger charge is -2.34. The lowest BCUT2D eigenvalue weighted by molar-refractivity contribution is 0.146. The van der Waals surface area contributed by atoms with E-state index in [1.54, 1.807) is 25.7 Å². The van der Waals surface area contributed by atoms with Crippen LogP contribution in [0.1, 0.15) is 25.7 Å². The van der Waals surface area contributed by atoms with Gasteiger partial charge in [0.1, 0.15) is 0 Å². The summed E-state index contributed by atoms with van der Waals surface area (Å²) in [5.41, 5.74) is 0. The van der Waals surface area contributed by atoms with Gasteiger partial charge in [0.05, 0.1) is 0 Å². The maximum Gasteiger partial charge on any atom is -0.0349 e. The molecule has 4 aliphatic carbocycles. The summed E-state index contributed by atoms with van der Waals surface area (Å²) < 4.78 is 0. The molecule has 0 N–H and O–H groups in total. The lowest BCUT2D eigenvalue weighted by Crippen LogP contribution is -2.27. The van der Waals surface area contributed by atoms with Crippen LogP contribution in [0.3, 0.4) is 0 Å². The Balaban J connectivity index is 1.98. The Labute approximate surface area is 62.0 Å². The Hall–Kier alpha value is 0. The van der Waals surface area contributed by atoms with Crippen molar-refractivity contribution in [2.24, 2.45) is 35.5 Å². The maximum absolute atomic E-state index is 1.65. The highest BCUT2D eigenvalue weighted by Gasteiger charge is 2.64. The van der Waals surface area contributed by atoms with Gasteiger partial charge in [-0.25, -0.2) is 0 Å². The van der Waals surface area contributed by atoms with Crippen molar-refractivity contribution in [3.05, 3.63) is 0 Å². The molecular weight excluding hydrogens is 120 g/mol. The standard InChI is InChI=1S/C10H14/c1-5-3-9-7(1)6-2-8(5)10(9)4-6/h5-10H,1-4H2. The summed E-state index contributed by atoms with van der Waals surface area (Å²) in [6.45, 7) is 0. The van der Waals surface area contributed by atoms with Gasteiger partial charge in [-0.05, 0) is 61.2 Å². The molecule has 0 aromatic heterocycles. The summed E-state index contributed by atoms with van der Waals surface area (Å²) in [6, 6.07) is 0. The van der Waals surface area contributed by atoms with E-state index in [4.69, 9.17) is 0 Å². The largest absolute Gasteiger partial charge is 0.0468 e. The minimum absolute atomic E-state index is 1.22. The van der Waals surface area contributed by atoms with Gasteiger partial charge in [0.2, 0.25) is 0 Å². The topological polar surface area (TPSA) is 0 Å². The van der Waals surface area contributed by atoms with Crippen molar-refractivity contribution in [3.8, 4) is 0 Å². The molecule has 0 heterocycles. The van der Waals surface area contributed by atoms with E-state index in [9.17, 15) is 0 Å². The van der Waals surface area contributed by atoms with E-state index < -0.39 is 0 Å². The average molecular weight is 134 g/mol. The monoisotopic (exact) mass is 134 g/mol. The molecule has 4 fully saturated rings. The third-order valence-electron chi connectivity index (χ3n) is 5.16. The molecule has 0 heteroatoms. The molecule has 54 valence electrons. The van der Waals surface area contributed by atoms with Crippen LogP contribution >= 0.6 is 0 Å². The number of rotatable bonds is 0. The van der Waals surface area contributed by atoms with Crippen LogP contribution in [-0.2, 0) is 0 Å². The van der Waals surface area contributed by atoms with E-state index in [1.807, 2.05) is 0 Å². The highest BCUT2D eigenvalue weighted by Crippen LogP contribution is 2.72. The molecule has 6 unspecified atom stereocenters. The van der Waals surface area contributed by atoms with Gasteiger partial charge in [0.25, 0.3) is 0 Å². The zero-order valence-electron chi connectivity index (χ0n) is 6.29. The van der Waals surface area contributed by atoms with Crippen LogP contribution in [0.4, 0.5) is 0 Å². The molecule has 0 aliphatic heterocycles. The summed E-state index contributed by atoms with van der Waals surface area (Å²) >= 11 is 0. The first-order chi connectivity index (χ1) is 4.93. The van der Waals surface area contributed by atoms with Crippen LogP contribution in [-0.4, -0.2) is 0 Å². The van der Waals surface area contributed by atoms with Crippen molar-refractivity contribution in [2.75, 3.05) is 0 Å². The number of hydrogen-bond acceptors (Lipinski definition) is 0. The molecule has 0 nitrogen and oxygen atoms in total. The quantitative estimate of drug-likeness (QED) is 0.477. The maximum atomic E-state index is 1.65. The molecule has 0 spiro atoms. The first-order valence-corrected chi connectivity index (χ1v) is 4.93. The van der Waals surface area contributed by atoms with Crippen LogP contribution in [0.15, 0.2) is 0 Å². The van der Waals surface area contributed by atoms with Crippen LogP contribution in [0.25, 0.3) is 0 Å². The van der Waals surface area contributed by atoms with Crippen molar-refractivity contribution >= 4 is 0 Å². The molecular formula is C10H14. The summed E-state index contributed by atoms with van der Waals surface area (Å²) in [5, 5.41) is 0. The normalized spacial score (nSPS) is 74.4. The fourth-order valence-corrected chi connectivity index (χ4v) is 5.06. The van der Waals surface area contributed by atoms with Gasteiger partial charge in [-0.3, -0.25) is 0 Å². The van der Waals surface area contributed by atoms with E-state index in [0.717, 1.165) is 0 Å². The highest BCUT2D eigenvalue weighted by molar-refractivity contribution is 5.13. The fourth-order valence-electron chi connectivity index (χ4n) is 5.06. The fraction of sp³-hybridized carbons (Fsp3) is 1.00. The van der Waals surface area contributed by atoms with Gasteiger partial charge in [-0.1, -0.05) is 0 Å². The van der Waals surface area contributed by atoms with Gasteiger partial charge in [-0.2, -0.15) is 0 Å². The van der Waals surface area contributed by atoms with Crippen LogP contribution in [0.2, 0.25) is 0 Å². The molecule has 0 radical (unpaired) electrons. The second-order valence-electron chi connectivity index (χ2n) is 5.12. The van der Waals surface area contributed by atoms with E-state index in [2.05, 4.69) is 0 Å². The number of fused-ring (bicyclic) bond motifs is 4. The first kappa shape index (κ1) is 4.79. The molecule has 10 heavy (non-hydrogen) atoms. The SMILES string of the molecule is C1C2CC3C1C1CC2C3C1. The van der Waals surface area contributed by atoms with Gasteiger partial charge >= 0.3 is 0 Å². The molecule has 0 saturated heterocycles. The van der Waals surface area contributed by atoms with E-state index in [0.29, 0.717) is 0 Å². The predicted octanol–water partition coefficient (Wildman–Crippen LogP) is 2.30. The third-order valence-corrected chi connectivity index (χ3v) is 5.16. The third kappa shape index (κ3) is 0.302. The zero-order chi connectivity index (χ0) is 6.29. The Morgan fingerprint density at radius 3 is 1.30 bits per heavy atom. The summed E-state index contributed by atoms with van der Waals surface area (Å²) in [5.74, 6) is 7.40. The molecule has 0 amide bonds. The number of hydrogen-bond donors (Lipinski definition) is 0. The van der Waals surface area contributed by atoms with Gasteiger partial charge in [0, 0.05) is 0 Å². The highest BCUT2D eigenvalue weighted by atomic mass is 14.7. The Bertz CT molecular complexity index is 157. The summed E-state index contributed by atoms with van der Waals surface area (Å²) in [7, 11) is 0. The summed E-state index contributed by atoms with van der Waals surface area (Å²) in [4.78, 5) is 0. The second-order valence-corrected chi connectivity index (χ2v) is 5.12. The predicted molar refractivity (Wildman–Crippen MR) is 39.4 cm³/mol. The Morgan fingerprint density at radius 1 is 0.500 bits per heavy atom. The van der Waals surface area contributed by atoms with Crippen molar-refractivity contribution in [2.45, 2.75) is 25.7 Å². The van der Waals surface area contributed by atoms with Gasteiger partial charge in [-0.15, -0.1) is 0 Å². The lowest BCUT2D eigenvalue weighted by atomic mass is 9.71. The van der Waals surface area contributed by atoms with E-state index >= 15 is 0 Å². The molecule has 0 aromatic carbocycles. The molecule has 4 rings (SSSR count). The summed E-state index contributed by atoms with van der Waals surface area (Å²) in [6.07, 6.45) is 6.60. The minimum Gasteiger partial charge on any atom is -0.0468 e. The van der Waals surface area contributed by atoms with Crippen molar-refractivity contribution < 1.29 is 0 Å². The van der Waals surface area contributed by atoms with Crippen molar-refractivity contribution in [1.82, 2.24) is 0 Å². The Kier molecular flexibility index (Phi) is 0.570. The average Bonchev–Trinajstić information content (AvgIpc) is 2.54. The molecule has 4 saturated carbocycles. The molecule has 4 aliphatic rings. The Morgan fingerprint density at radius 2 is 0.900 bits per heavy atom. The first-order valence-electron chi connectivity index (χ1n) is 4.93. The van der Waals surface area contributed by atoms with Crippen molar-refractivity contribution in [3.63, 3.8) is 0 Å². The van der Waals surface area contributed by atoms with Crippen LogP contribution < -0.4 is 0 Å². The second kappa shape index (κ2) is 1.19.